The molecule has 1 fully saturated rings. The molecule has 0 saturated carbocycles. The first-order valence-electron chi connectivity index (χ1n) is 5.12. The van der Waals surface area contributed by atoms with Gasteiger partial charge in [-0.1, -0.05) is 13.8 Å². The van der Waals surface area contributed by atoms with Crippen molar-refractivity contribution in [1.29, 1.82) is 0 Å². The zero-order chi connectivity index (χ0) is 12.5. The highest BCUT2D eigenvalue weighted by Crippen LogP contribution is 2.24. The Bertz CT molecular complexity index is 340. The molecular weight excluding hydrogens is 212 g/mol. The van der Waals surface area contributed by atoms with Gasteiger partial charge in [0.25, 0.3) is 5.91 Å². The van der Waals surface area contributed by atoms with Crippen LogP contribution in [0, 0.1) is 5.92 Å². The Kier molecular flexibility index (Phi) is 3.21. The molecule has 1 aliphatic heterocycles. The Hall–Kier alpha value is -1.59. The predicted octanol–water partition coefficient (Wildman–Crippen LogP) is 0.428. The molecule has 0 radical (unpaired) electrons. The normalized spacial score (nSPS) is 25.1. The molecule has 1 saturated heterocycles. The predicted molar refractivity (Wildman–Crippen MR) is 55.7 cm³/mol. The van der Waals surface area contributed by atoms with Crippen LogP contribution in [-0.4, -0.2) is 40.0 Å². The molecular formula is C10H16N2O4. The second-order valence-electron chi connectivity index (χ2n) is 4.65. The molecule has 1 atom stereocenters. The summed E-state index contributed by atoms with van der Waals surface area (Å²) in [5, 5.41) is 11.1. The Balaban J connectivity index is 2.84. The Morgan fingerprint density at radius 1 is 1.50 bits per heavy atom. The lowest BCUT2D eigenvalue weighted by Crippen LogP contribution is -2.45. The highest BCUT2D eigenvalue weighted by Gasteiger charge is 2.48. The third kappa shape index (κ3) is 2.32. The molecule has 90 valence electrons. The molecule has 16 heavy (non-hydrogen) atoms. The summed E-state index contributed by atoms with van der Waals surface area (Å²) >= 11 is 0. The number of carbonyl (C=O) groups excluding carboxylic acids is 2. The summed E-state index contributed by atoms with van der Waals surface area (Å²) in [7, 11) is 0. The topological polar surface area (TPSA) is 86.7 Å². The third-order valence-corrected chi connectivity index (χ3v) is 2.46. The molecule has 1 rings (SSSR count). The van der Waals surface area contributed by atoms with E-state index in [1.807, 2.05) is 13.8 Å². The standard InChI is InChI=1S/C10H16N2O4/c1-6(2)4-10(3)8(15)12(5-7(13)14)9(16)11-10/h6H,4-5H2,1-3H3,(H,11,16)(H,13,14). The maximum atomic E-state index is 11.9. The van der Waals surface area contributed by atoms with Crippen LogP contribution in [0.2, 0.25) is 0 Å². The van der Waals surface area contributed by atoms with Crippen LogP contribution in [0.25, 0.3) is 0 Å². The minimum absolute atomic E-state index is 0.235. The van der Waals surface area contributed by atoms with Crippen molar-refractivity contribution in [3.63, 3.8) is 0 Å². The minimum Gasteiger partial charge on any atom is -0.480 e. The van der Waals surface area contributed by atoms with E-state index in [9.17, 15) is 14.4 Å². The summed E-state index contributed by atoms with van der Waals surface area (Å²) in [5.41, 5.74) is -0.972. The fourth-order valence-corrected chi connectivity index (χ4v) is 1.98. The molecule has 0 aliphatic carbocycles. The first-order valence-corrected chi connectivity index (χ1v) is 5.12. The van der Waals surface area contributed by atoms with Crippen molar-refractivity contribution in [2.45, 2.75) is 32.7 Å². The van der Waals surface area contributed by atoms with Crippen molar-refractivity contribution in [3.8, 4) is 0 Å². The van der Waals surface area contributed by atoms with E-state index in [1.165, 1.54) is 0 Å². The molecule has 0 aromatic carbocycles. The highest BCUT2D eigenvalue weighted by atomic mass is 16.4. The highest BCUT2D eigenvalue weighted by molar-refractivity contribution is 6.08. The Labute approximate surface area is 93.6 Å². The van der Waals surface area contributed by atoms with Gasteiger partial charge in [0.1, 0.15) is 12.1 Å². The molecule has 6 nitrogen and oxygen atoms in total. The molecule has 1 unspecified atom stereocenters. The number of amides is 3. The van der Waals surface area contributed by atoms with Gasteiger partial charge in [0.15, 0.2) is 0 Å². The van der Waals surface area contributed by atoms with Gasteiger partial charge in [0, 0.05) is 0 Å². The number of carbonyl (C=O) groups is 3. The quantitative estimate of drug-likeness (QED) is 0.683. The van der Waals surface area contributed by atoms with Crippen LogP contribution in [-0.2, 0) is 9.59 Å². The molecule has 0 aromatic heterocycles. The summed E-state index contributed by atoms with van der Waals surface area (Å²) in [5.74, 6) is -1.43. The second kappa shape index (κ2) is 4.11. The van der Waals surface area contributed by atoms with E-state index in [4.69, 9.17) is 5.11 Å². The number of hydrogen-bond donors (Lipinski definition) is 2. The molecule has 0 aromatic rings. The maximum absolute atomic E-state index is 11.9. The van der Waals surface area contributed by atoms with Crippen LogP contribution in [0.5, 0.6) is 0 Å². The number of nitrogens with zero attached hydrogens (tertiary/aromatic N) is 1. The van der Waals surface area contributed by atoms with Gasteiger partial charge in [-0.25, -0.2) is 4.79 Å². The van der Waals surface area contributed by atoms with Gasteiger partial charge in [-0.05, 0) is 19.3 Å². The van der Waals surface area contributed by atoms with Gasteiger partial charge in [0.2, 0.25) is 0 Å². The van der Waals surface area contributed by atoms with Crippen LogP contribution in [0.3, 0.4) is 0 Å². The lowest BCUT2D eigenvalue weighted by Gasteiger charge is -2.23. The second-order valence-corrected chi connectivity index (χ2v) is 4.65. The van der Waals surface area contributed by atoms with E-state index in [1.54, 1.807) is 6.92 Å². The van der Waals surface area contributed by atoms with Gasteiger partial charge >= 0.3 is 12.0 Å². The van der Waals surface area contributed by atoms with E-state index in [0.29, 0.717) is 6.42 Å². The van der Waals surface area contributed by atoms with E-state index in [0.717, 1.165) is 4.90 Å². The van der Waals surface area contributed by atoms with E-state index in [-0.39, 0.29) is 5.92 Å². The summed E-state index contributed by atoms with van der Waals surface area (Å²) < 4.78 is 0. The molecule has 2 N–H and O–H groups in total. The lowest BCUT2D eigenvalue weighted by molar-refractivity contribution is -0.142. The fourth-order valence-electron chi connectivity index (χ4n) is 1.98. The molecule has 0 spiro atoms. The maximum Gasteiger partial charge on any atom is 0.325 e. The number of nitrogens with one attached hydrogen (secondary N) is 1. The number of urea groups is 1. The van der Waals surface area contributed by atoms with Crippen molar-refractivity contribution in [3.05, 3.63) is 0 Å². The van der Waals surface area contributed by atoms with Crippen LogP contribution >= 0.6 is 0 Å². The van der Waals surface area contributed by atoms with E-state index in [2.05, 4.69) is 5.32 Å². The van der Waals surface area contributed by atoms with Gasteiger partial charge < -0.3 is 10.4 Å². The molecule has 1 heterocycles. The van der Waals surface area contributed by atoms with E-state index >= 15 is 0 Å². The lowest BCUT2D eigenvalue weighted by atomic mass is 9.91. The van der Waals surface area contributed by atoms with Crippen molar-refractivity contribution in [2.24, 2.45) is 5.92 Å². The monoisotopic (exact) mass is 228 g/mol. The van der Waals surface area contributed by atoms with Gasteiger partial charge in [-0.15, -0.1) is 0 Å². The largest absolute Gasteiger partial charge is 0.480 e. The Morgan fingerprint density at radius 3 is 2.50 bits per heavy atom. The molecule has 0 bridgehead atoms. The van der Waals surface area contributed by atoms with Crippen molar-refractivity contribution in [1.82, 2.24) is 10.2 Å². The molecule has 6 heteroatoms. The van der Waals surface area contributed by atoms with Crippen molar-refractivity contribution in [2.75, 3.05) is 6.54 Å². The first kappa shape index (κ1) is 12.5. The summed E-state index contributed by atoms with van der Waals surface area (Å²) in [6.45, 7) is 4.91. The number of carboxylic acid groups (broad SMARTS) is 1. The Morgan fingerprint density at radius 2 is 2.06 bits per heavy atom. The van der Waals surface area contributed by atoms with Gasteiger partial charge in [-0.3, -0.25) is 14.5 Å². The van der Waals surface area contributed by atoms with Gasteiger partial charge in [0.05, 0.1) is 0 Å². The van der Waals surface area contributed by atoms with E-state index < -0.39 is 30.0 Å². The third-order valence-electron chi connectivity index (χ3n) is 2.46. The SMILES string of the molecule is CC(C)CC1(C)NC(=O)N(CC(=O)O)C1=O. The smallest absolute Gasteiger partial charge is 0.325 e. The number of rotatable bonds is 4. The number of imide groups is 1. The summed E-state index contributed by atoms with van der Waals surface area (Å²) in [6.07, 6.45) is 0.494. The average molecular weight is 228 g/mol. The zero-order valence-electron chi connectivity index (χ0n) is 9.61. The molecule has 1 aliphatic rings. The number of aliphatic carboxylic acids is 1. The van der Waals surface area contributed by atoms with Crippen molar-refractivity contribution >= 4 is 17.9 Å². The number of carboxylic acids is 1. The minimum atomic E-state index is -1.20. The van der Waals surface area contributed by atoms with Crippen LogP contribution in [0.4, 0.5) is 4.79 Å². The van der Waals surface area contributed by atoms with Gasteiger partial charge in [-0.2, -0.15) is 0 Å². The van der Waals surface area contributed by atoms with Crippen molar-refractivity contribution < 1.29 is 19.5 Å². The summed E-state index contributed by atoms with van der Waals surface area (Å²) in [4.78, 5) is 34.6. The van der Waals surface area contributed by atoms with Crippen LogP contribution in [0.1, 0.15) is 27.2 Å². The average Bonchev–Trinajstić information content (AvgIpc) is 2.27. The number of hydrogen-bond acceptors (Lipinski definition) is 3. The fraction of sp³-hybridized carbons (Fsp3) is 0.700. The summed E-state index contributed by atoms with van der Waals surface area (Å²) in [6, 6.07) is -0.629. The zero-order valence-corrected chi connectivity index (χ0v) is 9.61. The van der Waals surface area contributed by atoms with Crippen LogP contribution in [0.15, 0.2) is 0 Å². The van der Waals surface area contributed by atoms with Crippen LogP contribution < -0.4 is 5.32 Å². The molecule has 3 amide bonds. The first-order chi connectivity index (χ1) is 7.26.